The van der Waals surface area contributed by atoms with Crippen LogP contribution in [0.4, 0.5) is 11.5 Å². The topological polar surface area (TPSA) is 50.9 Å². The summed E-state index contributed by atoms with van der Waals surface area (Å²) in [6.07, 6.45) is 4.88. The van der Waals surface area contributed by atoms with Gasteiger partial charge in [0.25, 0.3) is 0 Å². The Bertz CT molecular complexity index is 310. The second-order valence-electron chi connectivity index (χ2n) is 2.92. The number of aryl methyl sites for hydroxylation is 1. The fraction of sp³-hybridized carbons (Fsp3) is 0.364. The summed E-state index contributed by atoms with van der Waals surface area (Å²) in [5.74, 6) is 0.934. The lowest BCUT2D eigenvalue weighted by atomic mass is 10.1. The number of pyridine rings is 1. The Morgan fingerprint density at radius 2 is 2.14 bits per heavy atom. The highest BCUT2D eigenvalue weighted by Gasteiger charge is 2.07. The summed E-state index contributed by atoms with van der Waals surface area (Å²) in [5, 5.41) is 3.08. The molecule has 14 heavy (non-hydrogen) atoms. The van der Waals surface area contributed by atoms with Crippen molar-refractivity contribution in [3.63, 3.8) is 0 Å². The van der Waals surface area contributed by atoms with E-state index in [0.29, 0.717) is 0 Å². The number of hydrogen-bond acceptors (Lipinski definition) is 3. The Balaban J connectivity index is 0.000000461. The van der Waals surface area contributed by atoms with Crippen molar-refractivity contribution in [2.45, 2.75) is 27.2 Å². The molecule has 3 N–H and O–H groups in total. The minimum atomic E-state index is 0.769. The molecule has 1 aliphatic rings. The van der Waals surface area contributed by atoms with Gasteiger partial charge in [-0.2, -0.15) is 0 Å². The van der Waals surface area contributed by atoms with Crippen LogP contribution in [0.15, 0.2) is 18.3 Å². The first-order valence-corrected chi connectivity index (χ1v) is 4.95. The van der Waals surface area contributed by atoms with E-state index in [9.17, 15) is 0 Å². The first kappa shape index (κ1) is 10.6. The largest absolute Gasteiger partial charge is 0.397 e. The Kier molecular flexibility index (Phi) is 3.51. The number of nitrogens with zero attached hydrogens (tertiary/aromatic N) is 1. The Morgan fingerprint density at radius 1 is 1.43 bits per heavy atom. The molecule has 0 spiro atoms. The van der Waals surface area contributed by atoms with Crippen LogP contribution in [0, 0.1) is 6.92 Å². The van der Waals surface area contributed by atoms with E-state index in [-0.39, 0.29) is 0 Å². The lowest BCUT2D eigenvalue weighted by Crippen LogP contribution is -2.05. The number of rotatable bonds is 0. The zero-order valence-electron chi connectivity index (χ0n) is 8.96. The minimum Gasteiger partial charge on any atom is -0.397 e. The lowest BCUT2D eigenvalue weighted by Gasteiger charge is -2.13. The quantitative estimate of drug-likeness (QED) is 0.662. The average molecular weight is 191 g/mol. The summed E-state index contributed by atoms with van der Waals surface area (Å²) in [4.78, 5) is 4.33. The maximum Gasteiger partial charge on any atom is 0.133 e. The molecular formula is C11H17N3. The number of nitrogens with one attached hydrogen (secondary N) is 1. The molecule has 0 saturated carbocycles. The number of nitrogen functional groups attached to an aromatic ring is 1. The van der Waals surface area contributed by atoms with E-state index in [1.54, 1.807) is 0 Å². The molecule has 0 saturated heterocycles. The molecule has 0 amide bonds. The van der Waals surface area contributed by atoms with Crippen molar-refractivity contribution in [1.82, 2.24) is 4.98 Å². The molecule has 0 aromatic carbocycles. The molecule has 2 rings (SSSR count). The van der Waals surface area contributed by atoms with Crippen molar-refractivity contribution in [3.8, 4) is 0 Å². The van der Waals surface area contributed by atoms with Gasteiger partial charge in [0.1, 0.15) is 5.82 Å². The van der Waals surface area contributed by atoms with E-state index >= 15 is 0 Å². The number of hydrogen-bond donors (Lipinski definition) is 2. The van der Waals surface area contributed by atoms with Crippen molar-refractivity contribution < 1.29 is 0 Å². The van der Waals surface area contributed by atoms with Gasteiger partial charge in [0.2, 0.25) is 0 Å². The minimum absolute atomic E-state index is 0.769. The summed E-state index contributed by atoms with van der Waals surface area (Å²) in [7, 11) is 0. The van der Waals surface area contributed by atoms with Crippen molar-refractivity contribution in [2.75, 3.05) is 11.1 Å². The number of allylic oxidation sites excluding steroid dienone is 1. The van der Waals surface area contributed by atoms with Crippen LogP contribution in [0.5, 0.6) is 0 Å². The predicted molar refractivity (Wildman–Crippen MR) is 61.2 cm³/mol. The van der Waals surface area contributed by atoms with Crippen LogP contribution in [0.2, 0.25) is 0 Å². The Labute approximate surface area is 85.0 Å². The van der Waals surface area contributed by atoms with Gasteiger partial charge in [0, 0.05) is 5.56 Å². The molecule has 1 aromatic rings. The third-order valence-electron chi connectivity index (χ3n) is 2.01. The molecule has 0 fully saturated rings. The highest BCUT2D eigenvalue weighted by molar-refractivity contribution is 5.58. The van der Waals surface area contributed by atoms with Gasteiger partial charge in [0.05, 0.1) is 11.4 Å². The van der Waals surface area contributed by atoms with E-state index in [1.165, 1.54) is 5.56 Å². The number of anilines is 2. The first-order chi connectivity index (χ1) is 6.77. The third kappa shape index (κ3) is 2.05. The number of fused-ring (bicyclic) bond motifs is 1. The molecule has 1 aliphatic heterocycles. The van der Waals surface area contributed by atoms with Crippen LogP contribution in [0.3, 0.4) is 0 Å². The molecule has 1 aromatic heterocycles. The number of aromatic nitrogens is 1. The SMILES string of the molecule is CC.Cc1nc2c(cc1N)CC=CN2. The predicted octanol–water partition coefficient (Wildman–Crippen LogP) is 2.48. The van der Waals surface area contributed by atoms with Crippen molar-refractivity contribution in [1.29, 1.82) is 0 Å². The van der Waals surface area contributed by atoms with E-state index in [1.807, 2.05) is 33.0 Å². The summed E-state index contributed by atoms with van der Waals surface area (Å²) in [5.41, 5.74) is 8.55. The molecule has 2 heterocycles. The van der Waals surface area contributed by atoms with Crippen LogP contribution >= 0.6 is 0 Å². The molecule has 0 atom stereocenters. The zero-order valence-corrected chi connectivity index (χ0v) is 8.96. The Morgan fingerprint density at radius 3 is 2.86 bits per heavy atom. The van der Waals surface area contributed by atoms with Gasteiger partial charge in [-0.05, 0) is 25.6 Å². The van der Waals surface area contributed by atoms with Gasteiger partial charge in [-0.3, -0.25) is 0 Å². The van der Waals surface area contributed by atoms with E-state index in [0.717, 1.165) is 23.6 Å². The van der Waals surface area contributed by atoms with Crippen LogP contribution in [0.1, 0.15) is 25.1 Å². The lowest BCUT2D eigenvalue weighted by molar-refractivity contribution is 1.11. The summed E-state index contributed by atoms with van der Waals surface area (Å²) in [6, 6.07) is 1.98. The average Bonchev–Trinajstić information content (AvgIpc) is 2.23. The van der Waals surface area contributed by atoms with E-state index in [4.69, 9.17) is 5.73 Å². The zero-order chi connectivity index (χ0) is 10.6. The molecule has 0 aliphatic carbocycles. The molecule has 0 unspecified atom stereocenters. The van der Waals surface area contributed by atoms with Gasteiger partial charge < -0.3 is 11.1 Å². The highest BCUT2D eigenvalue weighted by atomic mass is 15.0. The highest BCUT2D eigenvalue weighted by Crippen LogP contribution is 2.22. The van der Waals surface area contributed by atoms with Gasteiger partial charge in [-0.1, -0.05) is 19.9 Å². The van der Waals surface area contributed by atoms with Gasteiger partial charge in [0.15, 0.2) is 0 Å². The second-order valence-corrected chi connectivity index (χ2v) is 2.92. The summed E-state index contributed by atoms with van der Waals surface area (Å²) in [6.45, 7) is 5.91. The van der Waals surface area contributed by atoms with Crippen molar-refractivity contribution in [3.05, 3.63) is 29.6 Å². The van der Waals surface area contributed by atoms with Gasteiger partial charge >= 0.3 is 0 Å². The number of nitrogens with two attached hydrogens (primary N) is 1. The smallest absolute Gasteiger partial charge is 0.133 e. The van der Waals surface area contributed by atoms with Gasteiger partial charge in [-0.25, -0.2) is 4.98 Å². The molecule has 3 heteroatoms. The Hall–Kier alpha value is -1.51. The van der Waals surface area contributed by atoms with Crippen molar-refractivity contribution >= 4 is 11.5 Å². The molecule has 76 valence electrons. The molecule has 0 bridgehead atoms. The third-order valence-corrected chi connectivity index (χ3v) is 2.01. The molecular weight excluding hydrogens is 174 g/mol. The van der Waals surface area contributed by atoms with E-state index < -0.39 is 0 Å². The maximum atomic E-state index is 5.73. The fourth-order valence-corrected chi connectivity index (χ4v) is 1.27. The summed E-state index contributed by atoms with van der Waals surface area (Å²) >= 11 is 0. The maximum absolute atomic E-state index is 5.73. The first-order valence-electron chi connectivity index (χ1n) is 4.95. The molecule has 3 nitrogen and oxygen atoms in total. The van der Waals surface area contributed by atoms with Crippen LogP contribution in [-0.2, 0) is 6.42 Å². The van der Waals surface area contributed by atoms with Crippen LogP contribution in [0.25, 0.3) is 0 Å². The normalized spacial score (nSPS) is 12.2. The standard InChI is InChI=1S/C9H11N3.C2H6/c1-6-8(10)5-7-3-2-4-11-9(7)12-6;1-2/h2,4-5H,3,10H2,1H3,(H,11,12);1-2H3. The monoisotopic (exact) mass is 191 g/mol. The summed E-state index contributed by atoms with van der Waals surface area (Å²) < 4.78 is 0. The van der Waals surface area contributed by atoms with Gasteiger partial charge in [-0.15, -0.1) is 0 Å². The van der Waals surface area contributed by atoms with Crippen molar-refractivity contribution in [2.24, 2.45) is 0 Å². The molecule has 0 radical (unpaired) electrons. The fourth-order valence-electron chi connectivity index (χ4n) is 1.27. The van der Waals surface area contributed by atoms with Crippen LogP contribution in [-0.4, -0.2) is 4.98 Å². The second kappa shape index (κ2) is 4.65. The van der Waals surface area contributed by atoms with Crippen LogP contribution < -0.4 is 11.1 Å². The van der Waals surface area contributed by atoms with E-state index in [2.05, 4.69) is 16.4 Å².